The summed E-state index contributed by atoms with van der Waals surface area (Å²) in [6.45, 7) is 1.29. The van der Waals surface area contributed by atoms with E-state index < -0.39 is 0 Å². The Morgan fingerprint density at radius 3 is 2.58 bits per heavy atom. The second kappa shape index (κ2) is 5.99. The van der Waals surface area contributed by atoms with Crippen LogP contribution in [0.2, 0.25) is 10.0 Å². The average molecular weight is 303 g/mol. The van der Waals surface area contributed by atoms with Crippen LogP contribution in [0.3, 0.4) is 0 Å². The van der Waals surface area contributed by atoms with E-state index >= 15 is 0 Å². The number of ether oxygens (including phenoxy) is 1. The van der Waals surface area contributed by atoms with E-state index in [4.69, 9.17) is 33.7 Å². The van der Waals surface area contributed by atoms with Gasteiger partial charge in [0.25, 0.3) is 5.91 Å². The molecule has 2 rings (SSSR count). The fourth-order valence-electron chi connectivity index (χ4n) is 2.26. The standard InChI is InChI=1S/C13H16Cl2N2O2/c1-19-12-10(14)5-8(6-11(12)15)13(18)17-4-2-3-9(16)7-17/h5-6,9H,2-4,7,16H2,1H3/t9-/m0/s1. The first-order chi connectivity index (χ1) is 9.02. The Balaban J connectivity index is 2.24. The number of hydrogen-bond acceptors (Lipinski definition) is 3. The van der Waals surface area contributed by atoms with Crippen molar-refractivity contribution in [1.82, 2.24) is 4.90 Å². The summed E-state index contributed by atoms with van der Waals surface area (Å²) in [6, 6.07) is 3.20. The van der Waals surface area contributed by atoms with Gasteiger partial charge in [-0.1, -0.05) is 23.2 Å². The van der Waals surface area contributed by atoms with E-state index in [9.17, 15) is 4.79 Å². The van der Waals surface area contributed by atoms with Crippen molar-refractivity contribution >= 4 is 29.1 Å². The Labute approximate surface area is 122 Å². The highest BCUT2D eigenvalue weighted by molar-refractivity contribution is 6.37. The molecule has 0 unspecified atom stereocenters. The third-order valence-corrected chi connectivity index (χ3v) is 3.76. The van der Waals surface area contributed by atoms with Gasteiger partial charge in [-0.2, -0.15) is 0 Å². The molecule has 0 spiro atoms. The van der Waals surface area contributed by atoms with Gasteiger partial charge in [-0.3, -0.25) is 4.79 Å². The maximum Gasteiger partial charge on any atom is 0.254 e. The quantitative estimate of drug-likeness (QED) is 0.913. The van der Waals surface area contributed by atoms with Crippen molar-refractivity contribution in [2.75, 3.05) is 20.2 Å². The smallest absolute Gasteiger partial charge is 0.254 e. The Morgan fingerprint density at radius 2 is 2.05 bits per heavy atom. The van der Waals surface area contributed by atoms with Crippen LogP contribution >= 0.6 is 23.2 Å². The highest BCUT2D eigenvalue weighted by Gasteiger charge is 2.23. The zero-order chi connectivity index (χ0) is 14.0. The molecule has 2 N–H and O–H groups in total. The Morgan fingerprint density at radius 1 is 1.42 bits per heavy atom. The number of benzene rings is 1. The fourth-order valence-corrected chi connectivity index (χ4v) is 2.90. The molecule has 1 atom stereocenters. The molecule has 1 heterocycles. The van der Waals surface area contributed by atoms with Crippen molar-refractivity contribution in [1.29, 1.82) is 0 Å². The second-order valence-corrected chi connectivity index (χ2v) is 5.44. The predicted octanol–water partition coefficient (Wildman–Crippen LogP) is 2.57. The lowest BCUT2D eigenvalue weighted by Crippen LogP contribution is -2.45. The van der Waals surface area contributed by atoms with Gasteiger partial charge in [0.1, 0.15) is 0 Å². The van der Waals surface area contributed by atoms with Crippen molar-refractivity contribution in [3.8, 4) is 5.75 Å². The van der Waals surface area contributed by atoms with Gasteiger partial charge in [-0.25, -0.2) is 0 Å². The maximum atomic E-state index is 12.4. The van der Waals surface area contributed by atoms with E-state index in [1.807, 2.05) is 0 Å². The van der Waals surface area contributed by atoms with Crippen molar-refractivity contribution in [2.45, 2.75) is 18.9 Å². The molecule has 0 bridgehead atoms. The van der Waals surface area contributed by atoms with E-state index in [1.54, 1.807) is 17.0 Å². The number of carbonyl (C=O) groups excluding carboxylic acids is 1. The normalized spacial score (nSPS) is 19.4. The van der Waals surface area contributed by atoms with Crippen LogP contribution in [0, 0.1) is 0 Å². The molecule has 0 saturated carbocycles. The summed E-state index contributed by atoms with van der Waals surface area (Å²) in [5.74, 6) is 0.289. The molecule has 1 amide bonds. The second-order valence-electron chi connectivity index (χ2n) is 4.63. The van der Waals surface area contributed by atoms with Crippen molar-refractivity contribution in [3.63, 3.8) is 0 Å². The summed E-state index contributed by atoms with van der Waals surface area (Å²) >= 11 is 12.1. The molecular formula is C13H16Cl2N2O2. The Hall–Kier alpha value is -0.970. The summed E-state index contributed by atoms with van der Waals surface area (Å²) in [4.78, 5) is 14.1. The van der Waals surface area contributed by atoms with Crippen LogP contribution in [-0.4, -0.2) is 37.0 Å². The SMILES string of the molecule is COc1c(Cl)cc(C(=O)N2CCC[C@H](N)C2)cc1Cl. The van der Waals surface area contributed by atoms with Crippen molar-refractivity contribution in [2.24, 2.45) is 5.73 Å². The molecule has 0 aliphatic carbocycles. The molecule has 1 aliphatic rings. The number of rotatable bonds is 2. The first kappa shape index (κ1) is 14.4. The summed E-state index contributed by atoms with van der Waals surface area (Å²) in [5.41, 5.74) is 6.34. The number of hydrogen-bond donors (Lipinski definition) is 1. The van der Waals surface area contributed by atoms with Crippen LogP contribution in [0.4, 0.5) is 0 Å². The van der Waals surface area contributed by atoms with E-state index in [0.717, 1.165) is 12.8 Å². The number of halogens is 2. The molecule has 1 aromatic carbocycles. The number of carbonyl (C=O) groups is 1. The maximum absolute atomic E-state index is 12.4. The number of nitrogens with zero attached hydrogens (tertiary/aromatic N) is 1. The third-order valence-electron chi connectivity index (χ3n) is 3.19. The van der Waals surface area contributed by atoms with Crippen LogP contribution < -0.4 is 10.5 Å². The lowest BCUT2D eigenvalue weighted by atomic mass is 10.1. The van der Waals surface area contributed by atoms with E-state index in [-0.39, 0.29) is 11.9 Å². The lowest BCUT2D eigenvalue weighted by Gasteiger charge is -2.31. The topological polar surface area (TPSA) is 55.6 Å². The van der Waals surface area contributed by atoms with Gasteiger partial charge >= 0.3 is 0 Å². The number of likely N-dealkylation sites (tertiary alicyclic amines) is 1. The molecule has 1 fully saturated rings. The minimum atomic E-state index is -0.0957. The number of piperidine rings is 1. The molecule has 1 aliphatic heterocycles. The molecule has 0 radical (unpaired) electrons. The van der Waals surface area contributed by atoms with Gasteiger partial charge in [0.05, 0.1) is 17.2 Å². The van der Waals surface area contributed by atoms with E-state index in [1.165, 1.54) is 7.11 Å². The molecule has 1 saturated heterocycles. The highest BCUT2D eigenvalue weighted by atomic mass is 35.5. The zero-order valence-corrected chi connectivity index (χ0v) is 12.2. The molecule has 0 aromatic heterocycles. The molecule has 19 heavy (non-hydrogen) atoms. The number of amides is 1. The molecule has 4 nitrogen and oxygen atoms in total. The Kier molecular flexibility index (Phi) is 4.55. The van der Waals surface area contributed by atoms with Gasteiger partial charge in [-0.15, -0.1) is 0 Å². The Bertz CT molecular complexity index is 471. The van der Waals surface area contributed by atoms with Gasteiger partial charge in [0.15, 0.2) is 5.75 Å². The van der Waals surface area contributed by atoms with Crippen LogP contribution in [0.25, 0.3) is 0 Å². The van der Waals surface area contributed by atoms with Crippen LogP contribution in [0.15, 0.2) is 12.1 Å². The first-order valence-electron chi connectivity index (χ1n) is 6.11. The van der Waals surface area contributed by atoms with Gasteiger partial charge in [0, 0.05) is 24.7 Å². The molecule has 1 aromatic rings. The summed E-state index contributed by atoms with van der Waals surface area (Å²) in [6.07, 6.45) is 1.87. The summed E-state index contributed by atoms with van der Waals surface area (Å²) < 4.78 is 5.06. The van der Waals surface area contributed by atoms with E-state index in [2.05, 4.69) is 0 Å². The largest absolute Gasteiger partial charge is 0.494 e. The molecular weight excluding hydrogens is 287 g/mol. The first-order valence-corrected chi connectivity index (χ1v) is 6.86. The fraction of sp³-hybridized carbons (Fsp3) is 0.462. The lowest BCUT2D eigenvalue weighted by molar-refractivity contribution is 0.0709. The monoisotopic (exact) mass is 302 g/mol. The number of methoxy groups -OCH3 is 1. The van der Waals surface area contributed by atoms with Gasteiger partial charge < -0.3 is 15.4 Å². The van der Waals surface area contributed by atoms with Gasteiger partial charge in [-0.05, 0) is 25.0 Å². The highest BCUT2D eigenvalue weighted by Crippen LogP contribution is 2.34. The van der Waals surface area contributed by atoms with Crippen molar-refractivity contribution in [3.05, 3.63) is 27.7 Å². The van der Waals surface area contributed by atoms with Crippen LogP contribution in [0.1, 0.15) is 23.2 Å². The minimum absolute atomic E-state index is 0.0434. The summed E-state index contributed by atoms with van der Waals surface area (Å²) in [5, 5.41) is 0.666. The zero-order valence-electron chi connectivity index (χ0n) is 10.7. The van der Waals surface area contributed by atoms with Gasteiger partial charge in [0.2, 0.25) is 0 Å². The van der Waals surface area contributed by atoms with Crippen LogP contribution in [0.5, 0.6) is 5.75 Å². The van der Waals surface area contributed by atoms with Crippen molar-refractivity contribution < 1.29 is 9.53 Å². The minimum Gasteiger partial charge on any atom is -0.494 e. The number of nitrogens with two attached hydrogens (primary N) is 1. The van der Waals surface area contributed by atoms with E-state index in [0.29, 0.717) is 34.4 Å². The third kappa shape index (κ3) is 3.14. The predicted molar refractivity (Wildman–Crippen MR) is 76.1 cm³/mol. The summed E-state index contributed by atoms with van der Waals surface area (Å²) in [7, 11) is 1.48. The van der Waals surface area contributed by atoms with Crippen LogP contribution in [-0.2, 0) is 0 Å². The molecule has 104 valence electrons. The molecule has 6 heteroatoms. The average Bonchev–Trinajstić information content (AvgIpc) is 2.37.